The molecule has 0 aliphatic carbocycles. The van der Waals surface area contributed by atoms with Gasteiger partial charge < -0.3 is 0 Å². The molecular formula is C16H16O. The Morgan fingerprint density at radius 3 is 1.82 bits per heavy atom. The molecule has 1 heteroatoms. The molecule has 86 valence electrons. The van der Waals surface area contributed by atoms with Gasteiger partial charge in [0.1, 0.15) is 5.78 Å². The molecule has 0 aliphatic rings. The first kappa shape index (κ1) is 11.6. The molecule has 0 saturated heterocycles. The average molecular weight is 224 g/mol. The molecule has 0 fully saturated rings. The Hall–Kier alpha value is -1.89. The SMILES string of the molecule is CC(=O)Cc1ccc(-c2ccc(C)cc2)cc1. The first-order valence-electron chi connectivity index (χ1n) is 5.80. The van der Waals surface area contributed by atoms with Crippen LogP contribution >= 0.6 is 0 Å². The van der Waals surface area contributed by atoms with E-state index in [2.05, 4.69) is 43.3 Å². The van der Waals surface area contributed by atoms with Crippen molar-refractivity contribution in [2.24, 2.45) is 0 Å². The van der Waals surface area contributed by atoms with Crippen LogP contribution in [0.25, 0.3) is 11.1 Å². The third kappa shape index (κ3) is 3.04. The summed E-state index contributed by atoms with van der Waals surface area (Å²) in [6.07, 6.45) is 0.522. The first-order chi connectivity index (χ1) is 8.15. The summed E-state index contributed by atoms with van der Waals surface area (Å²) in [6, 6.07) is 16.7. The van der Waals surface area contributed by atoms with Crippen molar-refractivity contribution >= 4 is 5.78 Å². The smallest absolute Gasteiger partial charge is 0.134 e. The van der Waals surface area contributed by atoms with Crippen molar-refractivity contribution in [3.05, 3.63) is 59.7 Å². The molecule has 0 amide bonds. The maximum absolute atomic E-state index is 11.0. The molecule has 2 aromatic rings. The average Bonchev–Trinajstić information content (AvgIpc) is 2.30. The predicted octanol–water partition coefficient (Wildman–Crippen LogP) is 3.79. The lowest BCUT2D eigenvalue weighted by Gasteiger charge is -2.04. The summed E-state index contributed by atoms with van der Waals surface area (Å²) in [5.74, 6) is 0.202. The quantitative estimate of drug-likeness (QED) is 0.775. The molecule has 0 unspecified atom stereocenters. The van der Waals surface area contributed by atoms with Crippen molar-refractivity contribution in [3.8, 4) is 11.1 Å². The monoisotopic (exact) mass is 224 g/mol. The van der Waals surface area contributed by atoms with Gasteiger partial charge in [-0.3, -0.25) is 4.79 Å². The number of benzene rings is 2. The number of hydrogen-bond acceptors (Lipinski definition) is 1. The second-order valence-electron chi connectivity index (χ2n) is 4.44. The second-order valence-corrected chi connectivity index (χ2v) is 4.44. The summed E-state index contributed by atoms with van der Waals surface area (Å²) >= 11 is 0. The molecule has 2 aromatic carbocycles. The molecule has 0 spiro atoms. The highest BCUT2D eigenvalue weighted by molar-refractivity contribution is 5.78. The Morgan fingerprint density at radius 2 is 1.35 bits per heavy atom. The molecule has 0 saturated carbocycles. The third-order valence-corrected chi connectivity index (χ3v) is 2.79. The molecule has 0 aromatic heterocycles. The largest absolute Gasteiger partial charge is 0.300 e. The first-order valence-corrected chi connectivity index (χ1v) is 5.80. The number of rotatable bonds is 3. The Labute approximate surface area is 102 Å². The summed E-state index contributed by atoms with van der Waals surface area (Å²) in [6.45, 7) is 3.70. The van der Waals surface area contributed by atoms with Gasteiger partial charge in [0.25, 0.3) is 0 Å². The van der Waals surface area contributed by atoms with E-state index < -0.39 is 0 Å². The lowest BCUT2D eigenvalue weighted by Crippen LogP contribution is -1.95. The lowest BCUT2D eigenvalue weighted by atomic mass is 10.0. The van der Waals surface area contributed by atoms with E-state index in [1.54, 1.807) is 6.92 Å². The van der Waals surface area contributed by atoms with E-state index in [4.69, 9.17) is 0 Å². The van der Waals surface area contributed by atoms with Gasteiger partial charge in [0.05, 0.1) is 0 Å². The number of hydrogen-bond donors (Lipinski definition) is 0. The molecule has 0 bridgehead atoms. The third-order valence-electron chi connectivity index (χ3n) is 2.79. The van der Waals surface area contributed by atoms with E-state index >= 15 is 0 Å². The molecule has 0 N–H and O–H groups in total. The number of carbonyl (C=O) groups excluding carboxylic acids is 1. The van der Waals surface area contributed by atoms with Crippen LogP contribution in [0.15, 0.2) is 48.5 Å². The van der Waals surface area contributed by atoms with Gasteiger partial charge in [0.2, 0.25) is 0 Å². The van der Waals surface area contributed by atoms with Gasteiger partial charge >= 0.3 is 0 Å². The molecule has 0 heterocycles. The van der Waals surface area contributed by atoms with Crippen LogP contribution in [0.4, 0.5) is 0 Å². The van der Waals surface area contributed by atoms with Gasteiger partial charge in [-0.2, -0.15) is 0 Å². The summed E-state index contributed by atoms with van der Waals surface area (Å²) in [5.41, 5.74) is 4.75. The van der Waals surface area contributed by atoms with Crippen LogP contribution in [0.3, 0.4) is 0 Å². The topological polar surface area (TPSA) is 17.1 Å². The fraction of sp³-hybridized carbons (Fsp3) is 0.188. The van der Waals surface area contributed by atoms with Crippen molar-refractivity contribution in [3.63, 3.8) is 0 Å². The number of carbonyl (C=O) groups is 1. The van der Waals surface area contributed by atoms with E-state index in [9.17, 15) is 4.79 Å². The molecule has 0 atom stereocenters. The van der Waals surface area contributed by atoms with Crippen molar-refractivity contribution < 1.29 is 4.79 Å². The predicted molar refractivity (Wildman–Crippen MR) is 71.0 cm³/mol. The molecule has 0 aliphatic heterocycles. The minimum absolute atomic E-state index is 0.202. The van der Waals surface area contributed by atoms with E-state index in [0.29, 0.717) is 6.42 Å². The zero-order valence-corrected chi connectivity index (χ0v) is 10.2. The van der Waals surface area contributed by atoms with E-state index in [-0.39, 0.29) is 5.78 Å². The second kappa shape index (κ2) is 4.96. The van der Waals surface area contributed by atoms with E-state index in [1.165, 1.54) is 16.7 Å². The Morgan fingerprint density at radius 1 is 0.882 bits per heavy atom. The van der Waals surface area contributed by atoms with Gasteiger partial charge in [-0.15, -0.1) is 0 Å². The van der Waals surface area contributed by atoms with Crippen LogP contribution in [-0.4, -0.2) is 5.78 Å². The summed E-state index contributed by atoms with van der Waals surface area (Å²) < 4.78 is 0. The highest BCUT2D eigenvalue weighted by Crippen LogP contribution is 2.20. The summed E-state index contributed by atoms with van der Waals surface area (Å²) in [7, 11) is 0. The van der Waals surface area contributed by atoms with Crippen molar-refractivity contribution in [2.75, 3.05) is 0 Å². The maximum atomic E-state index is 11.0. The van der Waals surface area contributed by atoms with Crippen LogP contribution in [0.5, 0.6) is 0 Å². The van der Waals surface area contributed by atoms with E-state index in [1.807, 2.05) is 12.1 Å². The molecule has 1 nitrogen and oxygen atoms in total. The summed E-state index contributed by atoms with van der Waals surface area (Å²) in [4.78, 5) is 11.0. The summed E-state index contributed by atoms with van der Waals surface area (Å²) in [5, 5.41) is 0. The van der Waals surface area contributed by atoms with Crippen LogP contribution in [-0.2, 0) is 11.2 Å². The Kier molecular flexibility index (Phi) is 3.38. The lowest BCUT2D eigenvalue weighted by molar-refractivity contribution is -0.116. The molecular weight excluding hydrogens is 208 g/mol. The van der Waals surface area contributed by atoms with Gasteiger partial charge in [0, 0.05) is 6.42 Å². The van der Waals surface area contributed by atoms with Crippen molar-refractivity contribution in [1.82, 2.24) is 0 Å². The van der Waals surface area contributed by atoms with Crippen molar-refractivity contribution in [2.45, 2.75) is 20.3 Å². The molecule has 2 rings (SSSR count). The van der Waals surface area contributed by atoms with Gasteiger partial charge in [-0.1, -0.05) is 54.1 Å². The maximum Gasteiger partial charge on any atom is 0.134 e. The zero-order chi connectivity index (χ0) is 12.3. The number of aryl methyl sites for hydroxylation is 1. The molecule has 17 heavy (non-hydrogen) atoms. The number of ketones is 1. The van der Waals surface area contributed by atoms with Gasteiger partial charge in [-0.05, 0) is 30.5 Å². The Bertz CT molecular complexity index is 506. The Balaban J connectivity index is 2.23. The van der Waals surface area contributed by atoms with Gasteiger partial charge in [-0.25, -0.2) is 0 Å². The standard InChI is InChI=1S/C16H16O/c1-12-3-7-15(8-4-12)16-9-5-14(6-10-16)11-13(2)17/h3-10H,11H2,1-2H3. The zero-order valence-electron chi connectivity index (χ0n) is 10.2. The molecule has 0 radical (unpaired) electrons. The van der Waals surface area contributed by atoms with Crippen LogP contribution in [0, 0.1) is 6.92 Å². The van der Waals surface area contributed by atoms with Crippen LogP contribution < -0.4 is 0 Å². The fourth-order valence-corrected chi connectivity index (χ4v) is 1.85. The van der Waals surface area contributed by atoms with Crippen LogP contribution in [0.1, 0.15) is 18.1 Å². The van der Waals surface area contributed by atoms with E-state index in [0.717, 1.165) is 5.56 Å². The van der Waals surface area contributed by atoms with Gasteiger partial charge in [0.15, 0.2) is 0 Å². The minimum Gasteiger partial charge on any atom is -0.300 e. The van der Waals surface area contributed by atoms with Crippen LogP contribution in [0.2, 0.25) is 0 Å². The fourth-order valence-electron chi connectivity index (χ4n) is 1.85. The normalized spacial score (nSPS) is 10.2. The highest BCUT2D eigenvalue weighted by Gasteiger charge is 2.00. The van der Waals surface area contributed by atoms with Crippen molar-refractivity contribution in [1.29, 1.82) is 0 Å². The number of Topliss-reactive ketones (excluding diaryl/α,β-unsaturated/α-hetero) is 1. The highest BCUT2D eigenvalue weighted by atomic mass is 16.1. The minimum atomic E-state index is 0.202.